The summed E-state index contributed by atoms with van der Waals surface area (Å²) in [7, 11) is 0. The van der Waals surface area contributed by atoms with E-state index in [-0.39, 0.29) is 47.2 Å². The van der Waals surface area contributed by atoms with Gasteiger partial charge in [0.1, 0.15) is 0 Å². The fourth-order valence-corrected chi connectivity index (χ4v) is 18.3. The minimum atomic E-state index is -1.46. The zero-order valence-electron chi connectivity index (χ0n) is 37.4. The molecule has 7 fully saturated rings. The Labute approximate surface area is 356 Å². The monoisotopic (exact) mass is 811 g/mol. The number of hydrogen-bond acceptors (Lipinski definition) is 5. The topological polar surface area (TPSA) is 107 Å². The summed E-state index contributed by atoms with van der Waals surface area (Å²) in [5, 5.41) is 49.2. The van der Waals surface area contributed by atoms with E-state index in [2.05, 4.69) is 63.8 Å². The van der Waals surface area contributed by atoms with Gasteiger partial charge in [0.05, 0.1) is 24.2 Å². The van der Waals surface area contributed by atoms with Crippen molar-refractivity contribution in [2.24, 2.45) is 67.0 Å². The first-order valence-electron chi connectivity index (χ1n) is 24.5. The minimum Gasteiger partial charge on any atom is -0.481 e. The standard InChI is InChI=1S/C53H78O6/c1-6-14-40-51-32-31-50-23-13-19-38(21-20-37-15-9-7-10-16-37)22-24-49(41-34-46(3,44(56)57)26-25-45(41,2)27-28-47(49,50)4)30-29-48(50,5)52(51,36-54)42(55)35-53(40,58)59-43(51)33-39-17-11-8-12-18-39/h8,11-12,17-18,37-38,40-43,54-55,58H,6-7,9-10,14-16,19-22,24-36H2,1-5H3,(H,56,57)/t38-,40-,41-,42-,43+,45-,46-,47+,48-,49+,50-,51-,52+,53+/m1/s1. The molecule has 14 atom stereocenters. The molecular weight excluding hydrogens is 733 g/mol. The van der Waals surface area contributed by atoms with Gasteiger partial charge in [-0.05, 0) is 142 Å². The van der Waals surface area contributed by atoms with Crippen LogP contribution in [0.2, 0.25) is 0 Å². The van der Waals surface area contributed by atoms with Crippen LogP contribution in [0.1, 0.15) is 181 Å². The summed E-state index contributed by atoms with van der Waals surface area (Å²) >= 11 is 0. The van der Waals surface area contributed by atoms with Gasteiger partial charge in [0.25, 0.3) is 0 Å². The molecule has 326 valence electrons. The van der Waals surface area contributed by atoms with Gasteiger partial charge < -0.3 is 25.2 Å². The van der Waals surface area contributed by atoms with Gasteiger partial charge in [0, 0.05) is 35.0 Å². The predicted molar refractivity (Wildman–Crippen MR) is 232 cm³/mol. The molecule has 0 radical (unpaired) electrons. The number of carbonyl (C=O) groups is 1. The van der Waals surface area contributed by atoms with E-state index in [9.17, 15) is 25.2 Å². The van der Waals surface area contributed by atoms with Crippen LogP contribution in [0.3, 0.4) is 0 Å². The van der Waals surface area contributed by atoms with Crippen LogP contribution in [-0.2, 0) is 16.0 Å². The quantitative estimate of drug-likeness (QED) is 0.185. The summed E-state index contributed by atoms with van der Waals surface area (Å²) < 4.78 is 7.03. The molecule has 0 aromatic heterocycles. The molecule has 0 amide bonds. The number of ether oxygens (including phenoxy) is 1. The van der Waals surface area contributed by atoms with Crippen LogP contribution >= 0.6 is 0 Å². The first kappa shape index (κ1) is 42.4. The summed E-state index contributed by atoms with van der Waals surface area (Å²) in [6.45, 7) is 11.6. The minimum absolute atomic E-state index is 0.0696. The van der Waals surface area contributed by atoms with E-state index in [4.69, 9.17) is 4.74 Å². The maximum absolute atomic E-state index is 13.2. The normalized spacial score (nSPS) is 50.3. The lowest BCUT2D eigenvalue weighted by Gasteiger charge is -2.81. The lowest BCUT2D eigenvalue weighted by atomic mass is 9.21. The highest BCUT2D eigenvalue weighted by atomic mass is 16.6. The SMILES string of the molecule is CCC[C@@H]1[C@@]23CC[C@@]45C#CC[C@H](CCC6CCCCC6)CC[C@]6(CC[C@@]4(C)[C@]2(CO)[C@H](O)C[C@]1(O)O[C@H]3Cc1ccccc1)[C@@H]1C[C@](C)(C(=O)O)CC[C@]1(C)CC[C@@]65C. The van der Waals surface area contributed by atoms with Gasteiger partial charge in [-0.1, -0.05) is 109 Å². The van der Waals surface area contributed by atoms with Crippen LogP contribution in [0.25, 0.3) is 0 Å². The summed E-state index contributed by atoms with van der Waals surface area (Å²) in [6.07, 6.45) is 21.5. The molecule has 59 heavy (non-hydrogen) atoms. The second-order valence-corrected chi connectivity index (χ2v) is 23.4. The zero-order chi connectivity index (χ0) is 41.7. The summed E-state index contributed by atoms with van der Waals surface area (Å²) in [4.78, 5) is 13.2. The van der Waals surface area contributed by atoms with Crippen LogP contribution in [0, 0.1) is 78.8 Å². The third-order valence-electron chi connectivity index (χ3n) is 21.5. The third kappa shape index (κ3) is 5.54. The van der Waals surface area contributed by atoms with Crippen molar-refractivity contribution in [3.8, 4) is 11.8 Å². The van der Waals surface area contributed by atoms with Crippen LogP contribution < -0.4 is 0 Å². The highest BCUT2D eigenvalue weighted by Crippen LogP contribution is 2.88. The molecule has 1 heterocycles. The molecule has 1 aromatic carbocycles. The fraction of sp³-hybridized carbons (Fsp3) is 0.830. The number of carboxylic acids is 1. The largest absolute Gasteiger partial charge is 0.481 e. The number of benzene rings is 1. The predicted octanol–water partition coefficient (Wildman–Crippen LogP) is 10.9. The average Bonchev–Trinajstić information content (AvgIpc) is 3.40. The smallest absolute Gasteiger partial charge is 0.309 e. The lowest BCUT2D eigenvalue weighted by molar-refractivity contribution is -0.357. The van der Waals surface area contributed by atoms with Crippen LogP contribution in [0.15, 0.2) is 30.3 Å². The highest BCUT2D eigenvalue weighted by Gasteiger charge is 2.87. The molecule has 1 aliphatic heterocycles. The molecule has 0 unspecified atom stereocenters. The maximum Gasteiger partial charge on any atom is 0.309 e. The molecule has 4 bridgehead atoms. The number of hydrogen-bond donors (Lipinski definition) is 4. The highest BCUT2D eigenvalue weighted by molar-refractivity contribution is 5.74. The first-order valence-corrected chi connectivity index (χ1v) is 24.5. The van der Waals surface area contributed by atoms with E-state index < -0.39 is 44.9 Å². The summed E-state index contributed by atoms with van der Waals surface area (Å²) in [5.41, 5.74) is -2.61. The number of rotatable bonds is 9. The molecule has 2 spiro atoms. The van der Waals surface area contributed by atoms with Crippen molar-refractivity contribution in [1.82, 2.24) is 0 Å². The second-order valence-electron chi connectivity index (χ2n) is 23.4. The van der Waals surface area contributed by atoms with Gasteiger partial charge in [-0.15, -0.1) is 5.92 Å². The Kier molecular flexibility index (Phi) is 10.5. The Morgan fingerprint density at radius 2 is 1.53 bits per heavy atom. The number of aliphatic hydroxyl groups excluding tert-OH is 2. The molecule has 6 heteroatoms. The first-order chi connectivity index (χ1) is 28.1. The van der Waals surface area contributed by atoms with Crippen molar-refractivity contribution < 1.29 is 30.0 Å². The van der Waals surface area contributed by atoms with Crippen LogP contribution in [0.4, 0.5) is 0 Å². The molecule has 8 aliphatic rings. The number of fused-ring (bicyclic) bond motifs is 3. The van der Waals surface area contributed by atoms with E-state index in [0.29, 0.717) is 12.3 Å². The molecule has 4 N–H and O–H groups in total. The van der Waals surface area contributed by atoms with E-state index in [1.807, 2.05) is 13.0 Å². The van der Waals surface area contributed by atoms with Crippen molar-refractivity contribution in [2.75, 3.05) is 6.61 Å². The van der Waals surface area contributed by atoms with Crippen LogP contribution in [-0.4, -0.2) is 51.0 Å². The van der Waals surface area contributed by atoms with Gasteiger partial charge in [0.2, 0.25) is 0 Å². The molecule has 1 aromatic rings. The van der Waals surface area contributed by atoms with Gasteiger partial charge in [0.15, 0.2) is 5.79 Å². The number of carboxylic acid groups (broad SMARTS) is 1. The molecule has 6 nitrogen and oxygen atoms in total. The van der Waals surface area contributed by atoms with Crippen LogP contribution in [0.5, 0.6) is 0 Å². The Morgan fingerprint density at radius 1 is 0.814 bits per heavy atom. The number of aliphatic hydroxyl groups is 3. The van der Waals surface area contributed by atoms with E-state index in [1.54, 1.807) is 0 Å². The van der Waals surface area contributed by atoms with E-state index in [1.165, 1.54) is 44.9 Å². The van der Waals surface area contributed by atoms with Gasteiger partial charge in [-0.25, -0.2) is 0 Å². The molecular formula is C53H78O6. The van der Waals surface area contributed by atoms with E-state index >= 15 is 0 Å². The van der Waals surface area contributed by atoms with Gasteiger partial charge >= 0.3 is 5.97 Å². The lowest BCUT2D eigenvalue weighted by Crippen LogP contribution is -2.80. The summed E-state index contributed by atoms with van der Waals surface area (Å²) in [5.74, 6) is 7.62. The fourth-order valence-electron chi connectivity index (χ4n) is 18.3. The summed E-state index contributed by atoms with van der Waals surface area (Å²) in [6, 6.07) is 10.5. The van der Waals surface area contributed by atoms with E-state index in [0.717, 1.165) is 101 Å². The van der Waals surface area contributed by atoms with Gasteiger partial charge in [-0.3, -0.25) is 4.79 Å². The molecule has 6 saturated carbocycles. The van der Waals surface area contributed by atoms with Crippen molar-refractivity contribution in [1.29, 1.82) is 0 Å². The third-order valence-corrected chi connectivity index (χ3v) is 21.5. The van der Waals surface area contributed by atoms with Gasteiger partial charge in [-0.2, -0.15) is 0 Å². The molecule has 7 aliphatic carbocycles. The van der Waals surface area contributed by atoms with Crippen molar-refractivity contribution >= 4 is 5.97 Å². The molecule has 9 rings (SSSR count). The van der Waals surface area contributed by atoms with Crippen molar-refractivity contribution in [2.45, 2.75) is 200 Å². The Balaban J connectivity index is 1.23. The molecule has 1 saturated heterocycles. The Bertz CT molecular complexity index is 1810. The zero-order valence-corrected chi connectivity index (χ0v) is 37.4. The van der Waals surface area contributed by atoms with Crippen molar-refractivity contribution in [3.05, 3.63) is 35.9 Å². The number of aliphatic carboxylic acids is 1. The Hall–Kier alpha value is -1.91. The second kappa shape index (κ2) is 14.6. The van der Waals surface area contributed by atoms with Crippen molar-refractivity contribution in [3.63, 3.8) is 0 Å². The Morgan fingerprint density at radius 3 is 2.24 bits per heavy atom. The maximum atomic E-state index is 13.2. The average molecular weight is 811 g/mol.